The van der Waals surface area contributed by atoms with E-state index in [1.807, 2.05) is 44.2 Å². The molecule has 0 fully saturated rings. The number of aromatic nitrogens is 3. The van der Waals surface area contributed by atoms with E-state index in [2.05, 4.69) is 22.6 Å². The van der Waals surface area contributed by atoms with E-state index in [4.69, 9.17) is 0 Å². The van der Waals surface area contributed by atoms with Gasteiger partial charge in [-0.15, -0.1) is 0 Å². The minimum atomic E-state index is -1.00. The largest absolute Gasteiger partial charge is 0.481 e. The monoisotopic (exact) mass is 482 g/mol. The molecule has 1 N–H and O–H groups in total. The third kappa shape index (κ3) is 4.00. The molecule has 0 spiro atoms. The average Bonchev–Trinajstić information content (AvgIpc) is 3.36. The maximum absolute atomic E-state index is 13.9. The first-order chi connectivity index (χ1) is 16.9. The first-order valence-corrected chi connectivity index (χ1v) is 11.9. The van der Waals surface area contributed by atoms with Crippen LogP contribution < -0.4 is 5.69 Å². The van der Waals surface area contributed by atoms with Crippen LogP contribution in [-0.4, -0.2) is 24.6 Å². The number of hydrogen-bond donors (Lipinski definition) is 1. The molecule has 2 aromatic heterocycles. The zero-order valence-corrected chi connectivity index (χ0v) is 20.0. The molecule has 0 unspecified atom stereocenters. The minimum absolute atomic E-state index is 0.218. The topological polar surface area (TPSA) is 101 Å². The van der Waals surface area contributed by atoms with Crippen molar-refractivity contribution in [1.82, 2.24) is 13.5 Å². The molecule has 8 heteroatoms. The SMILES string of the molecule is Cc1cc(C)c2c(Cn3c(=O)n([C@H](CC(=O)O)c4ccccc4)c4ccc(C#N)cc43)nsc2c1. The molecular weight excluding hydrogens is 460 g/mol. The predicted molar refractivity (Wildman–Crippen MR) is 136 cm³/mol. The number of carboxylic acid groups (broad SMARTS) is 1. The lowest BCUT2D eigenvalue weighted by Crippen LogP contribution is -2.29. The van der Waals surface area contributed by atoms with E-state index in [0.717, 1.165) is 32.5 Å². The van der Waals surface area contributed by atoms with Crippen molar-refractivity contribution in [3.8, 4) is 6.07 Å². The highest BCUT2D eigenvalue weighted by atomic mass is 32.1. The number of carbonyl (C=O) groups is 1. The number of carboxylic acids is 1. The van der Waals surface area contributed by atoms with Crippen molar-refractivity contribution < 1.29 is 9.90 Å². The van der Waals surface area contributed by atoms with Gasteiger partial charge in [0.15, 0.2) is 0 Å². The van der Waals surface area contributed by atoms with Gasteiger partial charge in [-0.3, -0.25) is 13.9 Å². The summed E-state index contributed by atoms with van der Waals surface area (Å²) in [6.45, 7) is 4.29. The number of benzene rings is 3. The van der Waals surface area contributed by atoms with E-state index >= 15 is 0 Å². The van der Waals surface area contributed by atoms with E-state index in [1.165, 1.54) is 16.1 Å². The molecule has 5 aromatic rings. The molecule has 7 nitrogen and oxygen atoms in total. The van der Waals surface area contributed by atoms with E-state index in [0.29, 0.717) is 16.6 Å². The summed E-state index contributed by atoms with van der Waals surface area (Å²) in [5, 5.41) is 20.2. The quantitative estimate of drug-likeness (QED) is 0.366. The Kier molecular flexibility index (Phi) is 5.71. The molecule has 0 bridgehead atoms. The molecular formula is C27H22N4O3S. The predicted octanol–water partition coefficient (Wildman–Crippen LogP) is 5.01. The Morgan fingerprint density at radius 3 is 2.60 bits per heavy atom. The Hall–Kier alpha value is -4.22. The normalized spacial score (nSPS) is 12.1. The fourth-order valence-corrected chi connectivity index (χ4v) is 5.75. The Labute approximate surface area is 205 Å². The lowest BCUT2D eigenvalue weighted by Gasteiger charge is -2.17. The van der Waals surface area contributed by atoms with Crippen LogP contribution >= 0.6 is 11.5 Å². The third-order valence-corrected chi connectivity index (χ3v) is 7.08. The summed E-state index contributed by atoms with van der Waals surface area (Å²) in [6.07, 6.45) is -0.249. The summed E-state index contributed by atoms with van der Waals surface area (Å²) < 4.78 is 8.85. The van der Waals surface area contributed by atoms with Crippen LogP contribution in [0.4, 0.5) is 0 Å². The lowest BCUT2D eigenvalue weighted by molar-refractivity contribution is -0.137. The van der Waals surface area contributed by atoms with Crippen molar-refractivity contribution in [3.63, 3.8) is 0 Å². The van der Waals surface area contributed by atoms with Crippen LogP contribution in [0.15, 0.2) is 65.5 Å². The highest BCUT2D eigenvalue weighted by molar-refractivity contribution is 7.13. The lowest BCUT2D eigenvalue weighted by atomic mass is 10.0. The number of fused-ring (bicyclic) bond motifs is 2. The fourth-order valence-electron chi connectivity index (χ4n) is 4.78. The van der Waals surface area contributed by atoms with Crippen LogP contribution in [-0.2, 0) is 11.3 Å². The number of nitrogens with zero attached hydrogens (tertiary/aromatic N) is 4. The average molecular weight is 483 g/mol. The second-order valence-electron chi connectivity index (χ2n) is 8.66. The molecule has 0 saturated carbocycles. The van der Waals surface area contributed by atoms with Crippen LogP contribution in [0.3, 0.4) is 0 Å². The van der Waals surface area contributed by atoms with Gasteiger partial charge in [0.2, 0.25) is 0 Å². The Morgan fingerprint density at radius 2 is 1.89 bits per heavy atom. The maximum Gasteiger partial charge on any atom is 0.330 e. The Balaban J connectivity index is 1.75. The molecule has 0 aliphatic rings. The van der Waals surface area contributed by atoms with Crippen LogP contribution in [0.5, 0.6) is 0 Å². The number of imidazole rings is 1. The standard InChI is InChI=1S/C27H22N4O3S/c1-16-10-17(2)26-20(29-35-24(26)11-16)15-30-23-12-18(14-28)8-9-21(23)31(27(30)34)22(13-25(32)33)19-6-4-3-5-7-19/h3-12,22H,13,15H2,1-2H3,(H,32,33)/t22-/m1/s1. The fraction of sp³-hybridized carbons (Fsp3) is 0.185. The highest BCUT2D eigenvalue weighted by Crippen LogP contribution is 2.30. The summed E-state index contributed by atoms with van der Waals surface area (Å²) in [4.78, 5) is 25.7. The summed E-state index contributed by atoms with van der Waals surface area (Å²) in [6, 6.07) is 19.8. The van der Waals surface area contributed by atoms with E-state index < -0.39 is 12.0 Å². The first-order valence-electron chi connectivity index (χ1n) is 11.1. The smallest absolute Gasteiger partial charge is 0.330 e. The molecule has 5 rings (SSSR count). The third-order valence-electron chi connectivity index (χ3n) is 6.25. The van der Waals surface area contributed by atoms with Gasteiger partial charge in [-0.2, -0.15) is 9.64 Å². The van der Waals surface area contributed by atoms with Gasteiger partial charge >= 0.3 is 11.7 Å². The first kappa shape index (κ1) is 22.6. The van der Waals surface area contributed by atoms with Gasteiger partial charge in [-0.25, -0.2) is 4.79 Å². The summed E-state index contributed by atoms with van der Waals surface area (Å²) in [5.74, 6) is -1.00. The van der Waals surface area contributed by atoms with Gasteiger partial charge in [0, 0.05) is 5.39 Å². The number of hydrogen-bond acceptors (Lipinski definition) is 5. The van der Waals surface area contributed by atoms with Crippen LogP contribution in [0.25, 0.3) is 21.1 Å². The number of nitriles is 1. The molecule has 0 radical (unpaired) electrons. The number of aliphatic carboxylic acids is 1. The zero-order chi connectivity index (χ0) is 24.7. The molecule has 0 amide bonds. The van der Waals surface area contributed by atoms with Crippen molar-refractivity contribution in [3.05, 3.63) is 99.1 Å². The summed E-state index contributed by atoms with van der Waals surface area (Å²) in [5.41, 5.74) is 4.99. The highest BCUT2D eigenvalue weighted by Gasteiger charge is 2.25. The zero-order valence-electron chi connectivity index (χ0n) is 19.2. The number of rotatable bonds is 6. The molecule has 0 aliphatic carbocycles. The van der Waals surface area contributed by atoms with Crippen molar-refractivity contribution in [2.24, 2.45) is 0 Å². The van der Waals surface area contributed by atoms with Crippen LogP contribution in [0, 0.1) is 25.2 Å². The van der Waals surface area contributed by atoms with Gasteiger partial charge in [0.1, 0.15) is 0 Å². The van der Waals surface area contributed by atoms with Gasteiger partial charge in [-0.05, 0) is 66.3 Å². The van der Waals surface area contributed by atoms with Crippen LogP contribution in [0.2, 0.25) is 0 Å². The van der Waals surface area contributed by atoms with Gasteiger partial charge in [0.05, 0.1) is 52.1 Å². The van der Waals surface area contributed by atoms with Gasteiger partial charge < -0.3 is 5.11 Å². The molecule has 35 heavy (non-hydrogen) atoms. The van der Waals surface area contributed by atoms with Crippen molar-refractivity contribution in [1.29, 1.82) is 5.26 Å². The summed E-state index contributed by atoms with van der Waals surface area (Å²) in [7, 11) is 0. The summed E-state index contributed by atoms with van der Waals surface area (Å²) >= 11 is 1.40. The van der Waals surface area contributed by atoms with Gasteiger partial charge in [0.25, 0.3) is 0 Å². The molecule has 2 heterocycles. The van der Waals surface area contributed by atoms with E-state index in [9.17, 15) is 20.0 Å². The van der Waals surface area contributed by atoms with Gasteiger partial charge in [-0.1, -0.05) is 36.4 Å². The number of aryl methyl sites for hydroxylation is 2. The second kappa shape index (κ2) is 8.85. The van der Waals surface area contributed by atoms with Crippen molar-refractivity contribution in [2.45, 2.75) is 32.9 Å². The van der Waals surface area contributed by atoms with Crippen LogP contribution in [0.1, 0.15) is 40.4 Å². The minimum Gasteiger partial charge on any atom is -0.481 e. The molecule has 0 aliphatic heterocycles. The van der Waals surface area contributed by atoms with E-state index in [1.54, 1.807) is 22.8 Å². The molecule has 3 aromatic carbocycles. The molecule has 0 saturated heterocycles. The molecule has 174 valence electrons. The van der Waals surface area contributed by atoms with Crippen molar-refractivity contribution in [2.75, 3.05) is 0 Å². The van der Waals surface area contributed by atoms with E-state index in [-0.39, 0.29) is 18.7 Å². The second-order valence-corrected chi connectivity index (χ2v) is 9.47. The van der Waals surface area contributed by atoms with Crippen molar-refractivity contribution >= 4 is 38.6 Å². The Morgan fingerprint density at radius 1 is 1.11 bits per heavy atom. The maximum atomic E-state index is 13.9. The Bertz CT molecular complexity index is 1690. The molecule has 1 atom stereocenters.